The van der Waals surface area contributed by atoms with Gasteiger partial charge in [-0.2, -0.15) is 8.42 Å². The van der Waals surface area contributed by atoms with Gasteiger partial charge in [0.05, 0.1) is 23.0 Å². The molecule has 0 fully saturated rings. The molecular weight excluding hydrogens is 388 g/mol. The molecule has 1 aromatic rings. The van der Waals surface area contributed by atoms with E-state index in [-0.39, 0.29) is 22.2 Å². The van der Waals surface area contributed by atoms with Gasteiger partial charge in [-0.15, -0.1) is 11.8 Å². The van der Waals surface area contributed by atoms with Crippen LogP contribution in [-0.2, 0) is 23.8 Å². The van der Waals surface area contributed by atoms with E-state index in [4.69, 9.17) is 8.92 Å². The zero-order valence-corrected chi connectivity index (χ0v) is 17.7. The SMILES string of the molecule is CCCC(OS(=O)(=O)c1ccc(C)cc1)C1(C)CSC(C(=O)OCC)=C1O. The second-order valence-corrected chi connectivity index (χ2v) is 9.30. The molecular formula is C19H26O6S2. The van der Waals surface area contributed by atoms with Gasteiger partial charge in [-0.3, -0.25) is 4.18 Å². The van der Waals surface area contributed by atoms with E-state index in [9.17, 15) is 18.3 Å². The van der Waals surface area contributed by atoms with E-state index in [1.807, 2.05) is 13.8 Å². The maximum Gasteiger partial charge on any atom is 0.348 e. The monoisotopic (exact) mass is 414 g/mol. The van der Waals surface area contributed by atoms with Gasteiger partial charge in [0.1, 0.15) is 10.7 Å². The van der Waals surface area contributed by atoms with Gasteiger partial charge in [-0.25, -0.2) is 4.79 Å². The number of esters is 1. The van der Waals surface area contributed by atoms with Crippen LogP contribution in [-0.4, -0.2) is 38.0 Å². The Labute approximate surface area is 165 Å². The van der Waals surface area contributed by atoms with Crippen LogP contribution in [0.4, 0.5) is 0 Å². The zero-order chi connectivity index (χ0) is 20.2. The van der Waals surface area contributed by atoms with Crippen molar-refractivity contribution in [1.82, 2.24) is 0 Å². The number of hydrogen-bond acceptors (Lipinski definition) is 7. The summed E-state index contributed by atoms with van der Waals surface area (Å²) in [6.07, 6.45) is 0.284. The molecule has 2 unspecified atom stereocenters. The average Bonchev–Trinajstić information content (AvgIpc) is 2.91. The molecule has 0 aromatic heterocycles. The second-order valence-electron chi connectivity index (χ2n) is 6.75. The molecule has 0 spiro atoms. The van der Waals surface area contributed by atoms with Crippen LogP contribution >= 0.6 is 11.8 Å². The van der Waals surface area contributed by atoms with Crippen LogP contribution in [0.5, 0.6) is 0 Å². The van der Waals surface area contributed by atoms with E-state index in [1.165, 1.54) is 12.1 Å². The maximum atomic E-state index is 12.7. The van der Waals surface area contributed by atoms with Crippen LogP contribution in [0.3, 0.4) is 0 Å². The fraction of sp³-hybridized carbons (Fsp3) is 0.526. The van der Waals surface area contributed by atoms with Crippen molar-refractivity contribution in [2.24, 2.45) is 5.41 Å². The molecule has 6 nitrogen and oxygen atoms in total. The number of thioether (sulfide) groups is 1. The van der Waals surface area contributed by atoms with Crippen molar-refractivity contribution in [3.8, 4) is 0 Å². The Balaban J connectivity index is 2.34. The largest absolute Gasteiger partial charge is 0.510 e. The normalized spacial score (nSPS) is 21.3. The summed E-state index contributed by atoms with van der Waals surface area (Å²) in [5.41, 5.74) is -0.0570. The summed E-state index contributed by atoms with van der Waals surface area (Å²) in [7, 11) is -4.00. The minimum absolute atomic E-state index is 0.0672. The molecule has 0 saturated carbocycles. The molecule has 150 valence electrons. The van der Waals surface area contributed by atoms with Gasteiger partial charge in [0.2, 0.25) is 0 Å². The molecule has 8 heteroatoms. The van der Waals surface area contributed by atoms with E-state index < -0.39 is 27.6 Å². The van der Waals surface area contributed by atoms with Gasteiger partial charge in [0, 0.05) is 5.75 Å². The first-order valence-corrected chi connectivity index (χ1v) is 11.3. The summed E-state index contributed by atoms with van der Waals surface area (Å²) in [6.45, 7) is 7.38. The standard InChI is InChI=1S/C19H26O6S2/c1-5-7-15(25-27(22,23)14-10-8-13(3)9-11-14)19(4)12-26-16(17(19)20)18(21)24-6-2/h8-11,15,20H,5-7,12H2,1-4H3. The molecule has 1 heterocycles. The fourth-order valence-electron chi connectivity index (χ4n) is 2.86. The molecule has 1 N–H and O–H groups in total. The first-order valence-electron chi connectivity index (χ1n) is 8.89. The average molecular weight is 415 g/mol. The topological polar surface area (TPSA) is 89.9 Å². The van der Waals surface area contributed by atoms with Gasteiger partial charge in [-0.05, 0) is 39.3 Å². The zero-order valence-electron chi connectivity index (χ0n) is 16.0. The molecule has 2 atom stereocenters. The number of carbonyl (C=O) groups is 1. The van der Waals surface area contributed by atoms with Gasteiger partial charge in [-0.1, -0.05) is 31.0 Å². The number of aliphatic hydroxyl groups excluding tert-OH is 1. The van der Waals surface area contributed by atoms with Crippen molar-refractivity contribution in [2.45, 2.75) is 51.5 Å². The Kier molecular flexibility index (Phi) is 6.99. The third-order valence-electron chi connectivity index (χ3n) is 4.55. The van der Waals surface area contributed by atoms with Gasteiger partial charge < -0.3 is 9.84 Å². The van der Waals surface area contributed by atoms with Crippen molar-refractivity contribution in [2.75, 3.05) is 12.4 Å². The minimum atomic E-state index is -4.00. The Hall–Kier alpha value is -1.51. The minimum Gasteiger partial charge on any atom is -0.510 e. The van der Waals surface area contributed by atoms with E-state index in [0.717, 1.165) is 17.3 Å². The van der Waals surface area contributed by atoms with Crippen LogP contribution in [0.2, 0.25) is 0 Å². The molecule has 0 aliphatic carbocycles. The van der Waals surface area contributed by atoms with Crippen molar-refractivity contribution >= 4 is 27.8 Å². The van der Waals surface area contributed by atoms with Gasteiger partial charge in [0.25, 0.3) is 10.1 Å². The lowest BCUT2D eigenvalue weighted by Crippen LogP contribution is -2.38. The highest BCUT2D eigenvalue weighted by Gasteiger charge is 2.48. The van der Waals surface area contributed by atoms with E-state index in [2.05, 4.69) is 0 Å². The molecule has 0 radical (unpaired) electrons. The second kappa shape index (κ2) is 8.67. The predicted octanol–water partition coefficient (Wildman–Crippen LogP) is 3.95. The number of benzene rings is 1. The Bertz CT molecular complexity index is 813. The number of aliphatic hydroxyl groups is 1. The third kappa shape index (κ3) is 4.67. The number of rotatable bonds is 8. The van der Waals surface area contributed by atoms with Crippen molar-refractivity contribution < 1.29 is 27.2 Å². The molecule has 1 aliphatic rings. The summed E-state index contributed by atoms with van der Waals surface area (Å²) >= 11 is 1.16. The molecule has 1 aliphatic heterocycles. The molecule has 2 rings (SSSR count). The molecule has 0 bridgehead atoms. The van der Waals surface area contributed by atoms with E-state index >= 15 is 0 Å². The fourth-order valence-corrected chi connectivity index (χ4v) is 5.37. The third-order valence-corrected chi connectivity index (χ3v) is 7.28. The first-order chi connectivity index (χ1) is 12.7. The molecule has 0 saturated heterocycles. The summed E-state index contributed by atoms with van der Waals surface area (Å²) in [5, 5.41) is 10.7. The lowest BCUT2D eigenvalue weighted by Gasteiger charge is -2.32. The lowest BCUT2D eigenvalue weighted by atomic mass is 9.82. The van der Waals surface area contributed by atoms with Crippen molar-refractivity contribution in [1.29, 1.82) is 0 Å². The quantitative estimate of drug-likeness (QED) is 0.509. The highest BCUT2D eigenvalue weighted by Crippen LogP contribution is 2.48. The summed E-state index contributed by atoms with van der Waals surface area (Å²) in [6, 6.07) is 6.40. The predicted molar refractivity (Wildman–Crippen MR) is 105 cm³/mol. The Morgan fingerprint density at radius 1 is 1.30 bits per heavy atom. The Morgan fingerprint density at radius 3 is 2.48 bits per heavy atom. The van der Waals surface area contributed by atoms with E-state index in [0.29, 0.717) is 18.6 Å². The number of carbonyl (C=O) groups excluding carboxylic acids is 1. The molecule has 1 aromatic carbocycles. The number of hydrogen-bond donors (Lipinski definition) is 1. The lowest BCUT2D eigenvalue weighted by molar-refractivity contribution is -0.137. The highest BCUT2D eigenvalue weighted by atomic mass is 32.2. The van der Waals surface area contributed by atoms with Crippen molar-refractivity contribution in [3.05, 3.63) is 40.5 Å². The van der Waals surface area contributed by atoms with Crippen LogP contribution in [0, 0.1) is 12.3 Å². The number of aryl methyl sites for hydroxylation is 1. The smallest absolute Gasteiger partial charge is 0.348 e. The van der Waals surface area contributed by atoms with Gasteiger partial charge >= 0.3 is 5.97 Å². The van der Waals surface area contributed by atoms with Crippen LogP contribution in [0.25, 0.3) is 0 Å². The Morgan fingerprint density at radius 2 is 1.93 bits per heavy atom. The summed E-state index contributed by atoms with van der Waals surface area (Å²) < 4.78 is 36.0. The molecule has 0 amide bonds. The van der Waals surface area contributed by atoms with E-state index in [1.54, 1.807) is 26.0 Å². The first kappa shape index (κ1) is 21.8. The highest BCUT2D eigenvalue weighted by molar-refractivity contribution is 8.04. The van der Waals surface area contributed by atoms with Crippen molar-refractivity contribution in [3.63, 3.8) is 0 Å². The summed E-state index contributed by atoms with van der Waals surface area (Å²) in [5.74, 6) is -0.426. The molecule has 27 heavy (non-hydrogen) atoms. The van der Waals surface area contributed by atoms with Crippen LogP contribution in [0.15, 0.2) is 39.8 Å². The maximum absolute atomic E-state index is 12.7. The van der Waals surface area contributed by atoms with Crippen LogP contribution in [0.1, 0.15) is 39.2 Å². The summed E-state index contributed by atoms with van der Waals surface area (Å²) in [4.78, 5) is 12.2. The van der Waals surface area contributed by atoms with Crippen LogP contribution < -0.4 is 0 Å². The number of ether oxygens (including phenoxy) is 1. The van der Waals surface area contributed by atoms with Gasteiger partial charge in [0.15, 0.2) is 0 Å².